The van der Waals surface area contributed by atoms with Gasteiger partial charge in [0.05, 0.1) is 5.69 Å². The number of nitrogens with two attached hydrogens (primary N) is 1. The Morgan fingerprint density at radius 2 is 2.28 bits per heavy atom. The number of hydrogen-bond donors (Lipinski definition) is 2. The minimum Gasteiger partial charge on any atom is -0.367 e. The Morgan fingerprint density at radius 3 is 2.89 bits per heavy atom. The monoisotopic (exact) mass is 243 g/mol. The van der Waals surface area contributed by atoms with Gasteiger partial charge in [-0.25, -0.2) is 0 Å². The van der Waals surface area contributed by atoms with Crippen molar-refractivity contribution in [2.24, 2.45) is 11.7 Å². The molecule has 3 rings (SSSR count). The zero-order valence-corrected chi connectivity index (χ0v) is 10.2. The molecule has 5 nitrogen and oxygen atoms in total. The zero-order chi connectivity index (χ0) is 12.4. The summed E-state index contributed by atoms with van der Waals surface area (Å²) in [4.78, 5) is 5.27. The lowest BCUT2D eigenvalue weighted by Gasteiger charge is -2.16. The molecule has 1 saturated heterocycles. The average Bonchev–Trinajstić information content (AvgIpc) is 3.10. The number of aromatic nitrogens is 3. The number of aromatic amines is 1. The molecule has 3 heterocycles. The van der Waals surface area contributed by atoms with E-state index in [4.69, 9.17) is 5.73 Å². The van der Waals surface area contributed by atoms with Crippen LogP contribution in [0.2, 0.25) is 0 Å². The Kier molecular flexibility index (Phi) is 2.98. The fraction of sp³-hybridized carbons (Fsp3) is 0.385. The van der Waals surface area contributed by atoms with E-state index in [1.807, 2.05) is 30.6 Å². The van der Waals surface area contributed by atoms with Gasteiger partial charge in [0.1, 0.15) is 0 Å². The van der Waals surface area contributed by atoms with Gasteiger partial charge in [0.2, 0.25) is 0 Å². The summed E-state index contributed by atoms with van der Waals surface area (Å²) in [6.07, 6.45) is 4.96. The lowest BCUT2D eigenvalue weighted by molar-refractivity contribution is 0.602. The van der Waals surface area contributed by atoms with E-state index in [0.717, 1.165) is 43.1 Å². The SMILES string of the molecule is NCC1CCN(c2ccc(-c3cc[nH]c3)nn2)C1. The van der Waals surface area contributed by atoms with Gasteiger partial charge in [-0.15, -0.1) is 10.2 Å². The third-order valence-electron chi connectivity index (χ3n) is 3.49. The maximum atomic E-state index is 5.70. The van der Waals surface area contributed by atoms with Crippen molar-refractivity contribution in [3.05, 3.63) is 30.6 Å². The Balaban J connectivity index is 1.76. The van der Waals surface area contributed by atoms with Crippen LogP contribution in [0.4, 0.5) is 5.82 Å². The van der Waals surface area contributed by atoms with E-state index in [1.165, 1.54) is 0 Å². The van der Waals surface area contributed by atoms with Crippen LogP contribution in [0.15, 0.2) is 30.6 Å². The number of nitrogens with one attached hydrogen (secondary N) is 1. The van der Waals surface area contributed by atoms with E-state index in [9.17, 15) is 0 Å². The van der Waals surface area contributed by atoms with Gasteiger partial charge in [0, 0.05) is 31.0 Å². The Morgan fingerprint density at radius 1 is 1.33 bits per heavy atom. The topological polar surface area (TPSA) is 70.8 Å². The normalized spacial score (nSPS) is 19.4. The highest BCUT2D eigenvalue weighted by Crippen LogP contribution is 2.22. The largest absolute Gasteiger partial charge is 0.367 e. The lowest BCUT2D eigenvalue weighted by Crippen LogP contribution is -2.23. The Labute approximate surface area is 106 Å². The molecule has 94 valence electrons. The highest BCUT2D eigenvalue weighted by Gasteiger charge is 2.22. The molecule has 0 bridgehead atoms. The second-order valence-corrected chi connectivity index (χ2v) is 4.71. The molecule has 1 atom stereocenters. The van der Waals surface area contributed by atoms with Gasteiger partial charge in [-0.2, -0.15) is 0 Å². The highest BCUT2D eigenvalue weighted by atomic mass is 15.3. The van der Waals surface area contributed by atoms with E-state index in [1.54, 1.807) is 0 Å². The molecule has 0 amide bonds. The molecule has 1 unspecified atom stereocenters. The lowest BCUT2D eigenvalue weighted by atomic mass is 10.1. The molecule has 0 aliphatic carbocycles. The maximum absolute atomic E-state index is 5.70. The first-order valence-corrected chi connectivity index (χ1v) is 6.28. The smallest absolute Gasteiger partial charge is 0.151 e. The molecule has 18 heavy (non-hydrogen) atoms. The van der Waals surface area contributed by atoms with Crippen LogP contribution in [0.5, 0.6) is 0 Å². The van der Waals surface area contributed by atoms with Crippen molar-refractivity contribution in [3.63, 3.8) is 0 Å². The molecule has 0 spiro atoms. The van der Waals surface area contributed by atoms with Gasteiger partial charge in [-0.1, -0.05) is 0 Å². The summed E-state index contributed by atoms with van der Waals surface area (Å²) in [5, 5.41) is 8.58. The van der Waals surface area contributed by atoms with E-state index >= 15 is 0 Å². The second-order valence-electron chi connectivity index (χ2n) is 4.71. The van der Waals surface area contributed by atoms with Crippen LogP contribution < -0.4 is 10.6 Å². The van der Waals surface area contributed by atoms with Gasteiger partial charge >= 0.3 is 0 Å². The van der Waals surface area contributed by atoms with Gasteiger partial charge < -0.3 is 15.6 Å². The van der Waals surface area contributed by atoms with Crippen LogP contribution in [-0.4, -0.2) is 34.8 Å². The number of nitrogens with zero attached hydrogens (tertiary/aromatic N) is 3. The summed E-state index contributed by atoms with van der Waals surface area (Å²) in [5.74, 6) is 1.54. The molecular weight excluding hydrogens is 226 g/mol. The van der Waals surface area contributed by atoms with Crippen molar-refractivity contribution in [2.45, 2.75) is 6.42 Å². The number of H-pyrrole nitrogens is 1. The molecule has 0 aromatic carbocycles. The summed E-state index contributed by atoms with van der Waals surface area (Å²) >= 11 is 0. The quantitative estimate of drug-likeness (QED) is 0.851. The van der Waals surface area contributed by atoms with Crippen LogP contribution in [0, 0.1) is 5.92 Å². The van der Waals surface area contributed by atoms with Crippen LogP contribution in [0.1, 0.15) is 6.42 Å². The summed E-state index contributed by atoms with van der Waals surface area (Å²) < 4.78 is 0. The summed E-state index contributed by atoms with van der Waals surface area (Å²) in [6.45, 7) is 2.78. The van der Waals surface area contributed by atoms with Crippen molar-refractivity contribution in [1.29, 1.82) is 0 Å². The molecule has 2 aromatic rings. The van der Waals surface area contributed by atoms with Crippen molar-refractivity contribution in [3.8, 4) is 11.3 Å². The molecule has 0 saturated carbocycles. The molecule has 5 heteroatoms. The van der Waals surface area contributed by atoms with Gasteiger partial charge in [-0.3, -0.25) is 0 Å². The fourth-order valence-electron chi connectivity index (χ4n) is 2.36. The first kappa shape index (κ1) is 11.2. The third-order valence-corrected chi connectivity index (χ3v) is 3.49. The van der Waals surface area contributed by atoms with Gasteiger partial charge in [0.15, 0.2) is 5.82 Å². The minimum absolute atomic E-state index is 0.594. The zero-order valence-electron chi connectivity index (χ0n) is 10.2. The van der Waals surface area contributed by atoms with Crippen LogP contribution >= 0.6 is 0 Å². The molecule has 3 N–H and O–H groups in total. The fourth-order valence-corrected chi connectivity index (χ4v) is 2.36. The number of anilines is 1. The first-order chi connectivity index (χ1) is 8.86. The molecule has 1 fully saturated rings. The highest BCUT2D eigenvalue weighted by molar-refractivity contribution is 5.58. The molecule has 2 aromatic heterocycles. The van der Waals surface area contributed by atoms with Crippen molar-refractivity contribution < 1.29 is 0 Å². The van der Waals surface area contributed by atoms with Crippen molar-refractivity contribution in [2.75, 3.05) is 24.5 Å². The standard InChI is InChI=1S/C13H17N5/c14-7-10-4-6-18(9-10)13-2-1-12(16-17-13)11-3-5-15-8-11/h1-3,5,8,10,15H,4,6-7,9,14H2. The summed E-state index contributed by atoms with van der Waals surface area (Å²) in [7, 11) is 0. The number of rotatable bonds is 3. The van der Waals surface area contributed by atoms with Crippen molar-refractivity contribution >= 4 is 5.82 Å². The molecule has 1 aliphatic rings. The first-order valence-electron chi connectivity index (χ1n) is 6.28. The van der Waals surface area contributed by atoms with E-state index in [0.29, 0.717) is 5.92 Å². The predicted octanol–water partition coefficient (Wildman–Crippen LogP) is 1.26. The maximum Gasteiger partial charge on any atom is 0.151 e. The Hall–Kier alpha value is -1.88. The Bertz CT molecular complexity index is 491. The second kappa shape index (κ2) is 4.78. The van der Waals surface area contributed by atoms with E-state index < -0.39 is 0 Å². The van der Waals surface area contributed by atoms with Crippen LogP contribution in [0.3, 0.4) is 0 Å². The molecular formula is C13H17N5. The van der Waals surface area contributed by atoms with Crippen LogP contribution in [0.25, 0.3) is 11.3 Å². The minimum atomic E-state index is 0.594. The molecule has 1 aliphatic heterocycles. The summed E-state index contributed by atoms with van der Waals surface area (Å²) in [6, 6.07) is 6.04. The van der Waals surface area contributed by atoms with Crippen molar-refractivity contribution in [1.82, 2.24) is 15.2 Å². The van der Waals surface area contributed by atoms with E-state index in [2.05, 4.69) is 20.1 Å². The molecule has 0 radical (unpaired) electrons. The predicted molar refractivity (Wildman–Crippen MR) is 71.2 cm³/mol. The summed E-state index contributed by atoms with van der Waals surface area (Å²) in [5.41, 5.74) is 7.66. The third kappa shape index (κ3) is 2.09. The van der Waals surface area contributed by atoms with Gasteiger partial charge in [-0.05, 0) is 37.1 Å². The number of hydrogen-bond acceptors (Lipinski definition) is 4. The average molecular weight is 243 g/mol. The van der Waals surface area contributed by atoms with E-state index in [-0.39, 0.29) is 0 Å². The van der Waals surface area contributed by atoms with Gasteiger partial charge in [0.25, 0.3) is 0 Å². The van der Waals surface area contributed by atoms with Crippen LogP contribution in [-0.2, 0) is 0 Å².